The number of nitrogens with zero attached hydrogens (tertiary/aromatic N) is 2. The van der Waals surface area contributed by atoms with E-state index in [-0.39, 0.29) is 18.4 Å². The van der Waals surface area contributed by atoms with Crippen LogP contribution in [-0.4, -0.2) is 24.5 Å². The Labute approximate surface area is 121 Å². The zero-order valence-electron chi connectivity index (χ0n) is 10.8. The van der Waals surface area contributed by atoms with Gasteiger partial charge in [-0.25, -0.2) is 0 Å². The average molecular weight is 322 g/mol. The second-order valence-corrected chi connectivity index (χ2v) is 5.61. The summed E-state index contributed by atoms with van der Waals surface area (Å²) in [6.07, 6.45) is 1.09. The lowest BCUT2D eigenvalue weighted by Gasteiger charge is -2.28. The number of hydrogen-bond acceptors (Lipinski definition) is 3. The van der Waals surface area contributed by atoms with Crippen molar-refractivity contribution in [2.75, 3.05) is 11.4 Å². The lowest BCUT2D eigenvalue weighted by atomic mass is 10.1. The summed E-state index contributed by atoms with van der Waals surface area (Å²) in [4.78, 5) is 14.3. The van der Waals surface area contributed by atoms with Crippen molar-refractivity contribution in [2.45, 2.75) is 31.8 Å². The van der Waals surface area contributed by atoms with Crippen LogP contribution in [-0.2, 0) is 4.79 Å². The standard InChI is InChI=1S/C14H16BrN3O/c1-10-7-9-17-13(6-8-16)14(19)18(10)12-4-2-11(15)3-5-12/h2-5,10,13,17H,6-7,9H2,1H3. The molecule has 0 spiro atoms. The van der Waals surface area contributed by atoms with Crippen molar-refractivity contribution >= 4 is 27.5 Å². The molecule has 4 nitrogen and oxygen atoms in total. The van der Waals surface area contributed by atoms with Gasteiger partial charge in [0.05, 0.1) is 12.5 Å². The molecule has 1 amide bonds. The van der Waals surface area contributed by atoms with Crippen molar-refractivity contribution < 1.29 is 4.79 Å². The Morgan fingerprint density at radius 3 is 2.79 bits per heavy atom. The quantitative estimate of drug-likeness (QED) is 0.910. The number of amides is 1. The molecule has 100 valence electrons. The Kier molecular flexibility index (Phi) is 4.56. The number of anilines is 1. The van der Waals surface area contributed by atoms with Gasteiger partial charge in [0.15, 0.2) is 0 Å². The van der Waals surface area contributed by atoms with Gasteiger partial charge in [0.25, 0.3) is 0 Å². The number of nitrogens with one attached hydrogen (secondary N) is 1. The third kappa shape index (κ3) is 3.14. The van der Waals surface area contributed by atoms with Crippen LogP contribution in [0.25, 0.3) is 0 Å². The van der Waals surface area contributed by atoms with E-state index in [2.05, 4.69) is 27.3 Å². The van der Waals surface area contributed by atoms with Gasteiger partial charge in [0.1, 0.15) is 6.04 Å². The summed E-state index contributed by atoms with van der Waals surface area (Å²) in [5.41, 5.74) is 0.882. The summed E-state index contributed by atoms with van der Waals surface area (Å²) >= 11 is 3.39. The molecule has 0 aliphatic carbocycles. The lowest BCUT2D eigenvalue weighted by Crippen LogP contribution is -2.46. The van der Waals surface area contributed by atoms with Gasteiger partial charge in [-0.2, -0.15) is 5.26 Å². The summed E-state index contributed by atoms with van der Waals surface area (Å²) in [5, 5.41) is 12.0. The van der Waals surface area contributed by atoms with Crippen LogP contribution >= 0.6 is 15.9 Å². The molecule has 0 radical (unpaired) electrons. The summed E-state index contributed by atoms with van der Waals surface area (Å²) in [5.74, 6) is -0.0196. The number of rotatable bonds is 2. The van der Waals surface area contributed by atoms with Gasteiger partial charge in [-0.15, -0.1) is 0 Å². The highest BCUT2D eigenvalue weighted by atomic mass is 79.9. The number of benzene rings is 1. The molecular weight excluding hydrogens is 306 g/mol. The highest BCUT2D eigenvalue weighted by Crippen LogP contribution is 2.24. The van der Waals surface area contributed by atoms with Crippen LogP contribution in [0.15, 0.2) is 28.7 Å². The van der Waals surface area contributed by atoms with Crippen LogP contribution in [0.3, 0.4) is 0 Å². The van der Waals surface area contributed by atoms with Gasteiger partial charge in [-0.05, 0) is 44.2 Å². The number of halogens is 1. The van der Waals surface area contributed by atoms with Crippen molar-refractivity contribution in [1.82, 2.24) is 5.32 Å². The Bertz CT molecular complexity index is 494. The Hall–Kier alpha value is -1.38. The fraction of sp³-hybridized carbons (Fsp3) is 0.429. The molecule has 0 saturated carbocycles. The van der Waals surface area contributed by atoms with Gasteiger partial charge in [-0.3, -0.25) is 4.79 Å². The monoisotopic (exact) mass is 321 g/mol. The van der Waals surface area contributed by atoms with Crippen LogP contribution in [0.2, 0.25) is 0 Å². The lowest BCUT2D eigenvalue weighted by molar-refractivity contribution is -0.120. The van der Waals surface area contributed by atoms with E-state index in [1.54, 1.807) is 4.90 Å². The normalized spacial score (nSPS) is 23.8. The molecule has 1 heterocycles. The fourth-order valence-electron chi connectivity index (χ4n) is 2.30. The van der Waals surface area contributed by atoms with Crippen molar-refractivity contribution in [2.24, 2.45) is 0 Å². The third-order valence-electron chi connectivity index (χ3n) is 3.33. The zero-order valence-corrected chi connectivity index (χ0v) is 12.4. The topological polar surface area (TPSA) is 56.1 Å². The third-order valence-corrected chi connectivity index (χ3v) is 3.86. The SMILES string of the molecule is CC1CCNC(CC#N)C(=O)N1c1ccc(Br)cc1. The van der Waals surface area contributed by atoms with Crippen LogP contribution in [0.4, 0.5) is 5.69 Å². The van der Waals surface area contributed by atoms with E-state index in [4.69, 9.17) is 5.26 Å². The molecule has 0 bridgehead atoms. The molecule has 2 rings (SSSR count). The Morgan fingerprint density at radius 1 is 1.47 bits per heavy atom. The summed E-state index contributed by atoms with van der Waals surface area (Å²) in [6.45, 7) is 2.79. The average Bonchev–Trinajstić information content (AvgIpc) is 2.52. The summed E-state index contributed by atoms with van der Waals surface area (Å²) < 4.78 is 0.984. The van der Waals surface area contributed by atoms with E-state index >= 15 is 0 Å². The molecule has 1 aromatic rings. The predicted molar refractivity (Wildman–Crippen MR) is 77.7 cm³/mol. The fourth-order valence-corrected chi connectivity index (χ4v) is 2.57. The van der Waals surface area contributed by atoms with Crippen molar-refractivity contribution in [3.05, 3.63) is 28.7 Å². The van der Waals surface area contributed by atoms with E-state index in [1.165, 1.54) is 0 Å². The first-order valence-electron chi connectivity index (χ1n) is 6.32. The zero-order chi connectivity index (χ0) is 13.8. The molecule has 1 aliphatic heterocycles. The van der Waals surface area contributed by atoms with Gasteiger partial charge in [0, 0.05) is 16.2 Å². The van der Waals surface area contributed by atoms with Crippen molar-refractivity contribution in [1.29, 1.82) is 5.26 Å². The highest BCUT2D eigenvalue weighted by molar-refractivity contribution is 9.10. The van der Waals surface area contributed by atoms with Crippen LogP contribution in [0.5, 0.6) is 0 Å². The highest BCUT2D eigenvalue weighted by Gasteiger charge is 2.31. The maximum absolute atomic E-state index is 12.5. The van der Waals surface area contributed by atoms with E-state index in [1.807, 2.05) is 31.2 Å². The molecule has 5 heteroatoms. The molecule has 1 aliphatic rings. The molecule has 1 N–H and O–H groups in total. The molecular formula is C14H16BrN3O. The van der Waals surface area contributed by atoms with E-state index in [0.29, 0.717) is 0 Å². The molecule has 0 aromatic heterocycles. The molecule has 1 saturated heterocycles. The van der Waals surface area contributed by atoms with E-state index < -0.39 is 6.04 Å². The minimum Gasteiger partial charge on any atom is -0.308 e. The van der Waals surface area contributed by atoms with Crippen LogP contribution in [0, 0.1) is 11.3 Å². The van der Waals surface area contributed by atoms with Gasteiger partial charge in [0.2, 0.25) is 5.91 Å². The van der Waals surface area contributed by atoms with Crippen LogP contribution in [0.1, 0.15) is 19.8 Å². The van der Waals surface area contributed by atoms with Crippen LogP contribution < -0.4 is 10.2 Å². The van der Waals surface area contributed by atoms with E-state index in [9.17, 15) is 4.79 Å². The second kappa shape index (κ2) is 6.18. The van der Waals surface area contributed by atoms with Crippen molar-refractivity contribution in [3.63, 3.8) is 0 Å². The molecule has 2 unspecified atom stereocenters. The predicted octanol–water partition coefficient (Wildman–Crippen LogP) is 2.45. The summed E-state index contributed by atoms with van der Waals surface area (Å²) in [7, 11) is 0. The second-order valence-electron chi connectivity index (χ2n) is 4.69. The smallest absolute Gasteiger partial charge is 0.245 e. The number of nitriles is 1. The first-order valence-corrected chi connectivity index (χ1v) is 7.11. The molecule has 1 fully saturated rings. The Morgan fingerprint density at radius 2 is 2.16 bits per heavy atom. The minimum absolute atomic E-state index is 0.0196. The number of hydrogen-bond donors (Lipinski definition) is 1. The van der Waals surface area contributed by atoms with E-state index in [0.717, 1.165) is 23.1 Å². The molecule has 2 atom stereocenters. The molecule has 19 heavy (non-hydrogen) atoms. The van der Waals surface area contributed by atoms with Crippen molar-refractivity contribution in [3.8, 4) is 6.07 Å². The minimum atomic E-state index is -0.404. The maximum Gasteiger partial charge on any atom is 0.245 e. The largest absolute Gasteiger partial charge is 0.308 e. The first kappa shape index (κ1) is 14.0. The number of carbonyl (C=O) groups excluding carboxylic acids is 1. The van der Waals surface area contributed by atoms with Gasteiger partial charge < -0.3 is 10.2 Å². The number of carbonyl (C=O) groups is 1. The van der Waals surface area contributed by atoms with Gasteiger partial charge in [-0.1, -0.05) is 15.9 Å². The van der Waals surface area contributed by atoms with Gasteiger partial charge >= 0.3 is 0 Å². The Balaban J connectivity index is 2.31. The summed E-state index contributed by atoms with van der Waals surface area (Å²) in [6, 6.07) is 9.49. The first-order chi connectivity index (χ1) is 9.13. The maximum atomic E-state index is 12.5. The molecule has 1 aromatic carbocycles.